The van der Waals surface area contributed by atoms with Gasteiger partial charge in [0.1, 0.15) is 0 Å². The van der Waals surface area contributed by atoms with Gasteiger partial charge in [-0.05, 0) is 38.1 Å². The first-order valence-corrected chi connectivity index (χ1v) is 7.88. The van der Waals surface area contributed by atoms with Crippen molar-refractivity contribution >= 4 is 6.03 Å². The molecule has 2 amide bonds. The van der Waals surface area contributed by atoms with Crippen molar-refractivity contribution in [3.63, 3.8) is 0 Å². The standard InChI is InChI=1S/C15H29N3O/c1-13-6-5-9-18(10-13)14(19)17-12-15(11-16)7-3-2-4-8-15/h13H,2-12,16H2,1H3,(H,17,19). The third-order valence-electron chi connectivity index (χ3n) is 4.91. The number of nitrogens with one attached hydrogen (secondary N) is 1. The number of rotatable bonds is 3. The molecule has 0 bridgehead atoms. The van der Waals surface area contributed by atoms with Gasteiger partial charge in [0.2, 0.25) is 0 Å². The summed E-state index contributed by atoms with van der Waals surface area (Å²) in [4.78, 5) is 14.2. The molecule has 110 valence electrons. The summed E-state index contributed by atoms with van der Waals surface area (Å²) in [6.07, 6.45) is 8.55. The van der Waals surface area contributed by atoms with Gasteiger partial charge in [-0.1, -0.05) is 26.2 Å². The highest BCUT2D eigenvalue weighted by molar-refractivity contribution is 5.74. The van der Waals surface area contributed by atoms with Gasteiger partial charge in [0.15, 0.2) is 0 Å². The van der Waals surface area contributed by atoms with Gasteiger partial charge in [-0.3, -0.25) is 0 Å². The van der Waals surface area contributed by atoms with Crippen LogP contribution in [0, 0.1) is 11.3 Å². The summed E-state index contributed by atoms with van der Waals surface area (Å²) in [5, 5.41) is 3.14. The van der Waals surface area contributed by atoms with E-state index in [0.29, 0.717) is 12.5 Å². The highest BCUT2D eigenvalue weighted by Crippen LogP contribution is 2.34. The molecule has 1 saturated carbocycles. The number of carbonyl (C=O) groups excluding carboxylic acids is 1. The van der Waals surface area contributed by atoms with E-state index in [-0.39, 0.29) is 11.4 Å². The summed E-state index contributed by atoms with van der Waals surface area (Å²) < 4.78 is 0. The smallest absolute Gasteiger partial charge is 0.317 e. The first-order valence-electron chi connectivity index (χ1n) is 7.88. The zero-order valence-electron chi connectivity index (χ0n) is 12.3. The van der Waals surface area contributed by atoms with Crippen LogP contribution >= 0.6 is 0 Å². The van der Waals surface area contributed by atoms with Gasteiger partial charge in [0.25, 0.3) is 0 Å². The van der Waals surface area contributed by atoms with E-state index in [9.17, 15) is 4.79 Å². The van der Waals surface area contributed by atoms with Crippen molar-refractivity contribution in [2.24, 2.45) is 17.1 Å². The first kappa shape index (κ1) is 14.6. The van der Waals surface area contributed by atoms with E-state index in [2.05, 4.69) is 12.2 Å². The summed E-state index contributed by atoms with van der Waals surface area (Å²) in [5.41, 5.74) is 6.12. The molecule has 4 nitrogen and oxygen atoms in total. The fourth-order valence-corrected chi connectivity index (χ4v) is 3.50. The number of hydrogen-bond donors (Lipinski definition) is 2. The third-order valence-corrected chi connectivity index (χ3v) is 4.91. The second kappa shape index (κ2) is 6.60. The molecule has 1 aliphatic carbocycles. The number of likely N-dealkylation sites (tertiary alicyclic amines) is 1. The van der Waals surface area contributed by atoms with Crippen molar-refractivity contribution in [1.29, 1.82) is 0 Å². The highest BCUT2D eigenvalue weighted by Gasteiger charge is 2.31. The van der Waals surface area contributed by atoms with Crippen LogP contribution < -0.4 is 11.1 Å². The fourth-order valence-electron chi connectivity index (χ4n) is 3.50. The van der Waals surface area contributed by atoms with Gasteiger partial charge in [-0.2, -0.15) is 0 Å². The van der Waals surface area contributed by atoms with E-state index in [1.807, 2.05) is 4.90 Å². The lowest BCUT2D eigenvalue weighted by Gasteiger charge is -2.38. The van der Waals surface area contributed by atoms with Gasteiger partial charge >= 0.3 is 6.03 Å². The van der Waals surface area contributed by atoms with Crippen molar-refractivity contribution in [2.75, 3.05) is 26.2 Å². The molecule has 0 aromatic rings. The Hall–Kier alpha value is -0.770. The maximum atomic E-state index is 12.2. The number of nitrogens with zero attached hydrogens (tertiary/aromatic N) is 1. The molecule has 2 rings (SSSR count). The van der Waals surface area contributed by atoms with Crippen molar-refractivity contribution in [2.45, 2.75) is 51.9 Å². The normalized spacial score (nSPS) is 27.1. The minimum atomic E-state index is 0.116. The average Bonchev–Trinajstić information content (AvgIpc) is 2.46. The molecule has 0 aromatic carbocycles. The maximum Gasteiger partial charge on any atom is 0.317 e. The van der Waals surface area contributed by atoms with Crippen LogP contribution in [0.1, 0.15) is 51.9 Å². The Labute approximate surface area is 117 Å². The number of hydrogen-bond acceptors (Lipinski definition) is 2. The Kier molecular flexibility index (Phi) is 5.08. The van der Waals surface area contributed by atoms with Crippen molar-refractivity contribution in [1.82, 2.24) is 10.2 Å². The minimum Gasteiger partial charge on any atom is -0.337 e. The van der Waals surface area contributed by atoms with Gasteiger partial charge in [0, 0.05) is 25.0 Å². The molecule has 4 heteroatoms. The summed E-state index contributed by atoms with van der Waals surface area (Å²) in [5.74, 6) is 0.637. The molecule has 3 N–H and O–H groups in total. The molecular weight excluding hydrogens is 238 g/mol. The number of amides is 2. The number of nitrogens with two attached hydrogens (primary N) is 1. The van der Waals surface area contributed by atoms with E-state index < -0.39 is 0 Å². The molecule has 19 heavy (non-hydrogen) atoms. The van der Waals surface area contributed by atoms with Gasteiger partial charge in [0.05, 0.1) is 0 Å². The molecular formula is C15H29N3O. The van der Waals surface area contributed by atoms with Crippen LogP contribution in [0.2, 0.25) is 0 Å². The lowest BCUT2D eigenvalue weighted by Crippen LogP contribution is -2.50. The number of piperidine rings is 1. The summed E-state index contributed by atoms with van der Waals surface area (Å²) >= 11 is 0. The number of carbonyl (C=O) groups is 1. The average molecular weight is 267 g/mol. The molecule has 1 unspecified atom stereocenters. The molecule has 1 heterocycles. The molecule has 0 spiro atoms. The van der Waals surface area contributed by atoms with Crippen LogP contribution in [-0.4, -0.2) is 37.1 Å². The van der Waals surface area contributed by atoms with Crippen LogP contribution in [0.15, 0.2) is 0 Å². The first-order chi connectivity index (χ1) is 9.15. The Morgan fingerprint density at radius 2 is 2.05 bits per heavy atom. The van der Waals surface area contributed by atoms with Gasteiger partial charge in [-0.25, -0.2) is 4.79 Å². The molecule has 0 aromatic heterocycles. The summed E-state index contributed by atoms with van der Waals surface area (Å²) in [6.45, 7) is 5.49. The van der Waals surface area contributed by atoms with Crippen LogP contribution in [0.4, 0.5) is 4.79 Å². The third kappa shape index (κ3) is 3.85. The minimum absolute atomic E-state index is 0.116. The Morgan fingerprint density at radius 1 is 1.32 bits per heavy atom. The molecule has 2 fully saturated rings. The summed E-state index contributed by atoms with van der Waals surface area (Å²) in [7, 11) is 0. The van der Waals surface area contributed by atoms with Crippen LogP contribution in [-0.2, 0) is 0 Å². The Bertz CT molecular complexity index is 300. The van der Waals surface area contributed by atoms with Crippen molar-refractivity contribution in [3.05, 3.63) is 0 Å². The zero-order chi connectivity index (χ0) is 13.7. The fraction of sp³-hybridized carbons (Fsp3) is 0.933. The van der Waals surface area contributed by atoms with Crippen molar-refractivity contribution in [3.8, 4) is 0 Å². The topological polar surface area (TPSA) is 58.4 Å². The highest BCUT2D eigenvalue weighted by atomic mass is 16.2. The molecule has 1 saturated heterocycles. The lowest BCUT2D eigenvalue weighted by atomic mass is 9.74. The SMILES string of the molecule is CC1CCCN(C(=O)NCC2(CN)CCCCC2)C1. The monoisotopic (exact) mass is 267 g/mol. The van der Waals surface area contributed by atoms with Crippen LogP contribution in [0.25, 0.3) is 0 Å². The van der Waals surface area contributed by atoms with E-state index in [4.69, 9.17) is 5.73 Å². The van der Waals surface area contributed by atoms with Crippen LogP contribution in [0.3, 0.4) is 0 Å². The summed E-state index contributed by atoms with van der Waals surface area (Å²) in [6, 6.07) is 0.116. The van der Waals surface area contributed by atoms with Gasteiger partial charge in [-0.15, -0.1) is 0 Å². The quantitative estimate of drug-likeness (QED) is 0.824. The maximum absolute atomic E-state index is 12.2. The largest absolute Gasteiger partial charge is 0.337 e. The molecule has 2 aliphatic rings. The molecule has 0 radical (unpaired) electrons. The van der Waals surface area contributed by atoms with E-state index in [1.165, 1.54) is 38.5 Å². The number of urea groups is 1. The van der Waals surface area contributed by atoms with E-state index >= 15 is 0 Å². The second-order valence-electron chi connectivity index (χ2n) is 6.62. The lowest BCUT2D eigenvalue weighted by molar-refractivity contribution is 0.152. The second-order valence-corrected chi connectivity index (χ2v) is 6.62. The zero-order valence-corrected chi connectivity index (χ0v) is 12.3. The molecule has 1 atom stereocenters. The van der Waals surface area contributed by atoms with Crippen LogP contribution in [0.5, 0.6) is 0 Å². The van der Waals surface area contributed by atoms with Gasteiger partial charge < -0.3 is 16.0 Å². The Balaban J connectivity index is 1.81. The predicted octanol–water partition coefficient (Wildman–Crippen LogP) is 2.34. The van der Waals surface area contributed by atoms with E-state index in [1.54, 1.807) is 0 Å². The van der Waals surface area contributed by atoms with Crippen molar-refractivity contribution < 1.29 is 4.79 Å². The predicted molar refractivity (Wildman–Crippen MR) is 77.9 cm³/mol. The van der Waals surface area contributed by atoms with E-state index in [0.717, 1.165) is 26.1 Å². The Morgan fingerprint density at radius 3 is 2.68 bits per heavy atom. The molecule has 1 aliphatic heterocycles.